The number of rotatable bonds is 4. The van der Waals surface area contributed by atoms with Crippen LogP contribution in [0.15, 0.2) is 36.7 Å². The SMILES string of the molecule is CCC(N)c1ccn(Cc2cccc(Cl)c2Cl)c1. The minimum Gasteiger partial charge on any atom is -0.350 e. The molecule has 2 N–H and O–H groups in total. The minimum absolute atomic E-state index is 0.0982. The first kappa shape index (κ1) is 13.5. The van der Waals surface area contributed by atoms with Gasteiger partial charge < -0.3 is 10.3 Å². The van der Waals surface area contributed by atoms with Gasteiger partial charge in [-0.3, -0.25) is 0 Å². The maximum atomic E-state index is 6.17. The van der Waals surface area contributed by atoms with Crippen molar-refractivity contribution in [1.29, 1.82) is 0 Å². The Labute approximate surface area is 117 Å². The van der Waals surface area contributed by atoms with Gasteiger partial charge in [0.1, 0.15) is 0 Å². The number of aromatic nitrogens is 1. The lowest BCUT2D eigenvalue weighted by Crippen LogP contribution is -2.07. The van der Waals surface area contributed by atoms with Crippen LogP contribution in [0.5, 0.6) is 0 Å². The summed E-state index contributed by atoms with van der Waals surface area (Å²) >= 11 is 12.2. The molecular weight excluding hydrogens is 267 g/mol. The molecule has 1 aromatic carbocycles. The molecule has 0 bridgehead atoms. The van der Waals surface area contributed by atoms with Crippen molar-refractivity contribution in [3.8, 4) is 0 Å². The van der Waals surface area contributed by atoms with Gasteiger partial charge in [0.25, 0.3) is 0 Å². The second-order valence-electron chi connectivity index (χ2n) is 4.34. The van der Waals surface area contributed by atoms with Crippen LogP contribution in [0, 0.1) is 0 Å². The topological polar surface area (TPSA) is 30.9 Å². The Morgan fingerprint density at radius 1 is 1.28 bits per heavy atom. The van der Waals surface area contributed by atoms with Crippen LogP contribution in [0.4, 0.5) is 0 Å². The van der Waals surface area contributed by atoms with Crippen LogP contribution in [-0.2, 0) is 6.54 Å². The zero-order valence-corrected chi connectivity index (χ0v) is 11.7. The third-order valence-electron chi connectivity index (χ3n) is 3.03. The van der Waals surface area contributed by atoms with E-state index >= 15 is 0 Å². The fraction of sp³-hybridized carbons (Fsp3) is 0.286. The average molecular weight is 283 g/mol. The molecule has 0 saturated heterocycles. The van der Waals surface area contributed by atoms with E-state index in [1.54, 1.807) is 6.07 Å². The zero-order valence-electron chi connectivity index (χ0n) is 10.2. The van der Waals surface area contributed by atoms with E-state index in [4.69, 9.17) is 28.9 Å². The van der Waals surface area contributed by atoms with Gasteiger partial charge in [0, 0.05) is 25.0 Å². The molecule has 0 aliphatic heterocycles. The van der Waals surface area contributed by atoms with E-state index in [1.807, 2.05) is 24.4 Å². The second kappa shape index (κ2) is 5.79. The first-order valence-corrected chi connectivity index (χ1v) is 6.71. The maximum absolute atomic E-state index is 6.17. The smallest absolute Gasteiger partial charge is 0.0642 e. The lowest BCUT2D eigenvalue weighted by molar-refractivity contribution is 0.693. The molecule has 1 unspecified atom stereocenters. The summed E-state index contributed by atoms with van der Waals surface area (Å²) in [5, 5.41) is 1.21. The van der Waals surface area contributed by atoms with Gasteiger partial charge in [-0.25, -0.2) is 0 Å². The minimum atomic E-state index is 0.0982. The number of nitrogens with zero attached hydrogens (tertiary/aromatic N) is 1. The van der Waals surface area contributed by atoms with Crippen molar-refractivity contribution in [2.24, 2.45) is 5.73 Å². The Morgan fingerprint density at radius 3 is 2.78 bits per heavy atom. The molecule has 4 heteroatoms. The number of nitrogens with two attached hydrogens (primary N) is 1. The lowest BCUT2D eigenvalue weighted by atomic mass is 10.1. The largest absolute Gasteiger partial charge is 0.350 e. The van der Waals surface area contributed by atoms with Crippen LogP contribution < -0.4 is 5.73 Å². The quantitative estimate of drug-likeness (QED) is 0.893. The first-order chi connectivity index (χ1) is 8.61. The van der Waals surface area contributed by atoms with E-state index in [0.717, 1.165) is 17.5 Å². The molecule has 2 aromatic rings. The van der Waals surface area contributed by atoms with Crippen molar-refractivity contribution >= 4 is 23.2 Å². The molecule has 2 nitrogen and oxygen atoms in total. The lowest BCUT2D eigenvalue weighted by Gasteiger charge is -2.08. The summed E-state index contributed by atoms with van der Waals surface area (Å²) < 4.78 is 2.07. The molecule has 1 heterocycles. The highest BCUT2D eigenvalue weighted by molar-refractivity contribution is 6.42. The highest BCUT2D eigenvalue weighted by Crippen LogP contribution is 2.26. The van der Waals surface area contributed by atoms with E-state index in [0.29, 0.717) is 16.6 Å². The van der Waals surface area contributed by atoms with Gasteiger partial charge in [-0.15, -0.1) is 0 Å². The van der Waals surface area contributed by atoms with Crippen molar-refractivity contribution in [3.63, 3.8) is 0 Å². The van der Waals surface area contributed by atoms with Crippen LogP contribution >= 0.6 is 23.2 Å². The standard InChI is InChI=1S/C14H16Cl2N2/c1-2-13(17)10-6-7-18(8-10)9-11-4-3-5-12(15)14(11)16/h3-8,13H,2,9,17H2,1H3. The van der Waals surface area contributed by atoms with Gasteiger partial charge >= 0.3 is 0 Å². The number of benzene rings is 1. The predicted octanol–water partition coefficient (Wildman–Crippen LogP) is 4.25. The van der Waals surface area contributed by atoms with Crippen molar-refractivity contribution in [1.82, 2.24) is 4.57 Å². The molecule has 96 valence electrons. The Kier molecular flexibility index (Phi) is 4.33. The van der Waals surface area contributed by atoms with Gasteiger partial charge in [0.2, 0.25) is 0 Å². The summed E-state index contributed by atoms with van der Waals surface area (Å²) in [5.41, 5.74) is 8.15. The molecule has 0 saturated carbocycles. The fourth-order valence-electron chi connectivity index (χ4n) is 1.88. The summed E-state index contributed by atoms with van der Waals surface area (Å²) in [6.07, 6.45) is 5.01. The van der Waals surface area contributed by atoms with E-state index < -0.39 is 0 Å². The summed E-state index contributed by atoms with van der Waals surface area (Å²) in [5.74, 6) is 0. The maximum Gasteiger partial charge on any atom is 0.0642 e. The Morgan fingerprint density at radius 2 is 2.06 bits per heavy atom. The Hall–Kier alpha value is -0.960. The predicted molar refractivity (Wildman–Crippen MR) is 77.2 cm³/mol. The fourth-order valence-corrected chi connectivity index (χ4v) is 2.26. The van der Waals surface area contributed by atoms with Crippen LogP contribution in [0.2, 0.25) is 10.0 Å². The normalized spacial score (nSPS) is 12.7. The average Bonchev–Trinajstić information content (AvgIpc) is 2.82. The van der Waals surface area contributed by atoms with Gasteiger partial charge in [-0.05, 0) is 29.7 Å². The highest BCUT2D eigenvalue weighted by atomic mass is 35.5. The first-order valence-electron chi connectivity index (χ1n) is 5.96. The van der Waals surface area contributed by atoms with E-state index in [2.05, 4.69) is 17.7 Å². The highest BCUT2D eigenvalue weighted by Gasteiger charge is 2.07. The summed E-state index contributed by atoms with van der Waals surface area (Å²) in [7, 11) is 0. The van der Waals surface area contributed by atoms with Crippen molar-refractivity contribution in [2.75, 3.05) is 0 Å². The van der Waals surface area contributed by atoms with Gasteiger partial charge in [0.15, 0.2) is 0 Å². The van der Waals surface area contributed by atoms with Crippen molar-refractivity contribution < 1.29 is 0 Å². The van der Waals surface area contributed by atoms with E-state index in [1.165, 1.54) is 0 Å². The molecular formula is C14H16Cl2N2. The molecule has 0 aliphatic carbocycles. The molecule has 0 radical (unpaired) electrons. The number of hydrogen-bond acceptors (Lipinski definition) is 1. The van der Waals surface area contributed by atoms with E-state index in [9.17, 15) is 0 Å². The van der Waals surface area contributed by atoms with Gasteiger partial charge in [-0.1, -0.05) is 42.3 Å². The van der Waals surface area contributed by atoms with Crippen LogP contribution in [0.3, 0.4) is 0 Å². The summed E-state index contributed by atoms with van der Waals surface area (Å²) in [6.45, 7) is 2.78. The summed E-state index contributed by atoms with van der Waals surface area (Å²) in [4.78, 5) is 0. The molecule has 0 amide bonds. The monoisotopic (exact) mass is 282 g/mol. The van der Waals surface area contributed by atoms with E-state index in [-0.39, 0.29) is 6.04 Å². The van der Waals surface area contributed by atoms with Crippen molar-refractivity contribution in [3.05, 3.63) is 57.8 Å². The Balaban J connectivity index is 2.19. The van der Waals surface area contributed by atoms with Gasteiger partial charge in [-0.2, -0.15) is 0 Å². The van der Waals surface area contributed by atoms with Crippen LogP contribution in [0.1, 0.15) is 30.5 Å². The third kappa shape index (κ3) is 2.89. The third-order valence-corrected chi connectivity index (χ3v) is 3.88. The molecule has 18 heavy (non-hydrogen) atoms. The van der Waals surface area contributed by atoms with Gasteiger partial charge in [0.05, 0.1) is 10.0 Å². The van der Waals surface area contributed by atoms with Crippen LogP contribution in [-0.4, -0.2) is 4.57 Å². The molecule has 1 atom stereocenters. The number of hydrogen-bond donors (Lipinski definition) is 1. The molecule has 1 aromatic heterocycles. The second-order valence-corrected chi connectivity index (χ2v) is 5.13. The Bertz CT molecular complexity index is 534. The summed E-state index contributed by atoms with van der Waals surface area (Å²) in [6, 6.07) is 7.83. The van der Waals surface area contributed by atoms with Crippen molar-refractivity contribution in [2.45, 2.75) is 25.9 Å². The molecule has 0 aliphatic rings. The number of halogens is 2. The van der Waals surface area contributed by atoms with Crippen LogP contribution in [0.25, 0.3) is 0 Å². The molecule has 2 rings (SSSR count). The molecule has 0 fully saturated rings. The zero-order chi connectivity index (χ0) is 13.1. The molecule has 0 spiro atoms.